The normalized spacial score (nSPS) is 13.6. The number of nitrogens with zero attached hydrogens (tertiary/aromatic N) is 1. The quantitative estimate of drug-likeness (QED) is 0.629. The standard InChI is InChI=1S/C11H26N2/c1-4-7-11(9-12)10-13(6-3)8-5-2/h11H,4-10,12H2,1-3H3. The van der Waals surface area contributed by atoms with Crippen molar-refractivity contribution in [3.63, 3.8) is 0 Å². The molecule has 0 saturated heterocycles. The summed E-state index contributed by atoms with van der Waals surface area (Å²) in [6, 6.07) is 0. The van der Waals surface area contributed by atoms with Gasteiger partial charge in [-0.1, -0.05) is 27.2 Å². The van der Waals surface area contributed by atoms with Crippen LogP contribution in [0.25, 0.3) is 0 Å². The minimum absolute atomic E-state index is 0.705. The zero-order valence-electron chi connectivity index (χ0n) is 9.55. The van der Waals surface area contributed by atoms with E-state index in [2.05, 4.69) is 25.7 Å². The second-order valence-electron chi connectivity index (χ2n) is 3.78. The van der Waals surface area contributed by atoms with Crippen molar-refractivity contribution in [2.45, 2.75) is 40.0 Å². The Labute approximate surface area is 83.5 Å². The molecule has 1 unspecified atom stereocenters. The maximum absolute atomic E-state index is 5.73. The highest BCUT2D eigenvalue weighted by atomic mass is 15.1. The predicted molar refractivity (Wildman–Crippen MR) is 59.9 cm³/mol. The molecule has 0 spiro atoms. The molecule has 0 fully saturated rings. The van der Waals surface area contributed by atoms with Crippen LogP contribution in [0.2, 0.25) is 0 Å². The second kappa shape index (κ2) is 8.52. The zero-order chi connectivity index (χ0) is 10.1. The van der Waals surface area contributed by atoms with Gasteiger partial charge in [-0.15, -0.1) is 0 Å². The highest BCUT2D eigenvalue weighted by Gasteiger charge is 2.09. The van der Waals surface area contributed by atoms with Crippen LogP contribution in [-0.2, 0) is 0 Å². The Morgan fingerprint density at radius 1 is 1.15 bits per heavy atom. The highest BCUT2D eigenvalue weighted by Crippen LogP contribution is 2.07. The summed E-state index contributed by atoms with van der Waals surface area (Å²) in [6.45, 7) is 11.1. The van der Waals surface area contributed by atoms with Gasteiger partial charge in [-0.05, 0) is 38.4 Å². The van der Waals surface area contributed by atoms with E-state index in [1.807, 2.05) is 0 Å². The molecule has 0 aliphatic heterocycles. The van der Waals surface area contributed by atoms with E-state index in [1.54, 1.807) is 0 Å². The Kier molecular flexibility index (Phi) is 8.46. The Hall–Kier alpha value is -0.0800. The van der Waals surface area contributed by atoms with Crippen LogP contribution in [0.15, 0.2) is 0 Å². The molecule has 0 aliphatic carbocycles. The van der Waals surface area contributed by atoms with Gasteiger partial charge in [0, 0.05) is 6.54 Å². The molecule has 13 heavy (non-hydrogen) atoms. The highest BCUT2D eigenvalue weighted by molar-refractivity contribution is 4.65. The van der Waals surface area contributed by atoms with Crippen LogP contribution < -0.4 is 5.73 Å². The summed E-state index contributed by atoms with van der Waals surface area (Å²) in [5.41, 5.74) is 5.73. The van der Waals surface area contributed by atoms with E-state index in [9.17, 15) is 0 Å². The molecule has 0 aromatic carbocycles. The second-order valence-corrected chi connectivity index (χ2v) is 3.78. The molecule has 2 N–H and O–H groups in total. The molecule has 0 bridgehead atoms. The van der Waals surface area contributed by atoms with E-state index in [-0.39, 0.29) is 0 Å². The molecule has 1 atom stereocenters. The van der Waals surface area contributed by atoms with E-state index in [0.29, 0.717) is 5.92 Å². The van der Waals surface area contributed by atoms with Gasteiger partial charge in [0.25, 0.3) is 0 Å². The van der Waals surface area contributed by atoms with E-state index < -0.39 is 0 Å². The van der Waals surface area contributed by atoms with Crippen molar-refractivity contribution >= 4 is 0 Å². The molecule has 0 radical (unpaired) electrons. The third-order valence-corrected chi connectivity index (χ3v) is 2.53. The van der Waals surface area contributed by atoms with Crippen LogP contribution in [0.1, 0.15) is 40.0 Å². The van der Waals surface area contributed by atoms with Gasteiger partial charge in [-0.3, -0.25) is 0 Å². The van der Waals surface area contributed by atoms with E-state index in [0.717, 1.165) is 13.1 Å². The third-order valence-electron chi connectivity index (χ3n) is 2.53. The van der Waals surface area contributed by atoms with Gasteiger partial charge in [0.15, 0.2) is 0 Å². The van der Waals surface area contributed by atoms with Gasteiger partial charge in [-0.25, -0.2) is 0 Å². The summed E-state index contributed by atoms with van der Waals surface area (Å²) in [6.07, 6.45) is 3.78. The number of hydrogen-bond acceptors (Lipinski definition) is 2. The fraction of sp³-hybridized carbons (Fsp3) is 1.00. The molecule has 2 nitrogen and oxygen atoms in total. The van der Waals surface area contributed by atoms with Crippen LogP contribution >= 0.6 is 0 Å². The van der Waals surface area contributed by atoms with Crippen LogP contribution in [0.5, 0.6) is 0 Å². The Bertz CT molecular complexity index is 92.3. The summed E-state index contributed by atoms with van der Waals surface area (Å²) >= 11 is 0. The smallest absolute Gasteiger partial charge is 0.00216 e. The van der Waals surface area contributed by atoms with Crippen LogP contribution in [0, 0.1) is 5.92 Å². The SMILES string of the molecule is CCCC(CN)CN(CC)CCC. The van der Waals surface area contributed by atoms with Crippen LogP contribution in [0.4, 0.5) is 0 Å². The molecular weight excluding hydrogens is 160 g/mol. The monoisotopic (exact) mass is 186 g/mol. The number of rotatable bonds is 8. The van der Waals surface area contributed by atoms with E-state index in [4.69, 9.17) is 5.73 Å². The lowest BCUT2D eigenvalue weighted by Gasteiger charge is -2.24. The lowest BCUT2D eigenvalue weighted by atomic mass is 10.0. The van der Waals surface area contributed by atoms with Crippen molar-refractivity contribution in [3.8, 4) is 0 Å². The number of hydrogen-bond donors (Lipinski definition) is 1. The zero-order valence-corrected chi connectivity index (χ0v) is 9.55. The van der Waals surface area contributed by atoms with Gasteiger partial charge in [0.05, 0.1) is 0 Å². The van der Waals surface area contributed by atoms with Gasteiger partial charge in [0.2, 0.25) is 0 Å². The van der Waals surface area contributed by atoms with Crippen molar-refractivity contribution < 1.29 is 0 Å². The first-order valence-electron chi connectivity index (χ1n) is 5.70. The molecule has 0 aromatic rings. The predicted octanol–water partition coefficient (Wildman–Crippen LogP) is 2.09. The molecule has 0 heterocycles. The minimum atomic E-state index is 0.705. The Morgan fingerprint density at radius 3 is 2.23 bits per heavy atom. The first-order chi connectivity index (χ1) is 6.28. The van der Waals surface area contributed by atoms with E-state index in [1.165, 1.54) is 32.4 Å². The lowest BCUT2D eigenvalue weighted by Crippen LogP contribution is -2.33. The van der Waals surface area contributed by atoms with Crippen LogP contribution in [0.3, 0.4) is 0 Å². The van der Waals surface area contributed by atoms with Gasteiger partial charge < -0.3 is 10.6 Å². The maximum Gasteiger partial charge on any atom is 0.00216 e. The topological polar surface area (TPSA) is 29.3 Å². The van der Waals surface area contributed by atoms with Crippen molar-refractivity contribution in [1.29, 1.82) is 0 Å². The lowest BCUT2D eigenvalue weighted by molar-refractivity contribution is 0.236. The molecule has 0 aromatic heterocycles. The fourth-order valence-electron chi connectivity index (χ4n) is 1.75. The Balaban J connectivity index is 3.73. The van der Waals surface area contributed by atoms with E-state index >= 15 is 0 Å². The molecule has 0 aliphatic rings. The molecule has 0 rings (SSSR count). The fourth-order valence-corrected chi connectivity index (χ4v) is 1.75. The first-order valence-corrected chi connectivity index (χ1v) is 5.70. The maximum atomic E-state index is 5.73. The number of nitrogens with two attached hydrogens (primary N) is 1. The molecule has 2 heteroatoms. The van der Waals surface area contributed by atoms with Crippen molar-refractivity contribution in [1.82, 2.24) is 4.90 Å². The van der Waals surface area contributed by atoms with Crippen molar-refractivity contribution in [2.24, 2.45) is 11.7 Å². The van der Waals surface area contributed by atoms with Crippen LogP contribution in [-0.4, -0.2) is 31.1 Å². The third kappa shape index (κ3) is 6.05. The van der Waals surface area contributed by atoms with Crippen molar-refractivity contribution in [3.05, 3.63) is 0 Å². The van der Waals surface area contributed by atoms with Gasteiger partial charge >= 0.3 is 0 Å². The summed E-state index contributed by atoms with van der Waals surface area (Å²) in [5.74, 6) is 0.705. The molecule has 80 valence electrons. The van der Waals surface area contributed by atoms with Crippen molar-refractivity contribution in [2.75, 3.05) is 26.2 Å². The Morgan fingerprint density at radius 2 is 1.85 bits per heavy atom. The summed E-state index contributed by atoms with van der Waals surface area (Å²) < 4.78 is 0. The molecule has 0 amide bonds. The summed E-state index contributed by atoms with van der Waals surface area (Å²) in [4.78, 5) is 2.51. The average molecular weight is 186 g/mol. The minimum Gasteiger partial charge on any atom is -0.330 e. The average Bonchev–Trinajstić information content (AvgIpc) is 2.16. The largest absolute Gasteiger partial charge is 0.330 e. The summed E-state index contributed by atoms with van der Waals surface area (Å²) in [5, 5.41) is 0. The molecule has 0 saturated carbocycles. The summed E-state index contributed by atoms with van der Waals surface area (Å²) in [7, 11) is 0. The van der Waals surface area contributed by atoms with Gasteiger partial charge in [-0.2, -0.15) is 0 Å². The molecular formula is C11H26N2. The first kappa shape index (κ1) is 12.9. The van der Waals surface area contributed by atoms with Gasteiger partial charge in [0.1, 0.15) is 0 Å².